The van der Waals surface area contributed by atoms with Crippen LogP contribution in [0, 0.1) is 12.8 Å². The molecule has 3 heterocycles. The van der Waals surface area contributed by atoms with E-state index in [0.717, 1.165) is 70.6 Å². The first kappa shape index (κ1) is 20.0. The summed E-state index contributed by atoms with van der Waals surface area (Å²) in [6.07, 6.45) is 4.31. The van der Waals surface area contributed by atoms with Crippen LogP contribution in [0.5, 0.6) is 0 Å². The van der Waals surface area contributed by atoms with Crippen molar-refractivity contribution >= 4 is 5.91 Å². The zero-order valence-corrected chi connectivity index (χ0v) is 17.3. The number of nitrogens with one attached hydrogen (secondary N) is 2. The molecule has 2 aliphatic heterocycles. The number of carbonyl (C=O) groups excluding carboxylic acids is 1. The largest absolute Gasteiger partial charge is 0.350 e. The topological polar surface area (TPSA) is 75.1 Å². The fourth-order valence-corrected chi connectivity index (χ4v) is 4.46. The molecule has 2 fully saturated rings. The quantitative estimate of drug-likeness (QED) is 0.783. The summed E-state index contributed by atoms with van der Waals surface area (Å²) in [4.78, 5) is 15.2. The van der Waals surface area contributed by atoms with Crippen LogP contribution in [0.3, 0.4) is 0 Å². The molecule has 2 saturated heterocycles. The number of benzene rings is 1. The van der Waals surface area contributed by atoms with Crippen LogP contribution < -0.4 is 10.6 Å². The second-order valence-electron chi connectivity index (χ2n) is 8.36. The lowest BCUT2D eigenvalue weighted by Crippen LogP contribution is -2.38. The second kappa shape index (κ2) is 9.50. The molecule has 4 rings (SSSR count). The highest BCUT2D eigenvalue weighted by Gasteiger charge is 2.24. The van der Waals surface area contributed by atoms with E-state index in [0.29, 0.717) is 17.7 Å². The summed E-state index contributed by atoms with van der Waals surface area (Å²) in [6, 6.07) is 11.0. The highest BCUT2D eigenvalue weighted by molar-refractivity contribution is 5.93. The molecule has 7 nitrogen and oxygen atoms in total. The Labute approximate surface area is 172 Å². The van der Waals surface area contributed by atoms with Crippen LogP contribution in [0.1, 0.15) is 53.5 Å². The van der Waals surface area contributed by atoms with Crippen LogP contribution in [0.4, 0.5) is 0 Å². The van der Waals surface area contributed by atoms with Gasteiger partial charge >= 0.3 is 0 Å². The molecule has 1 aromatic carbocycles. The number of carbonyl (C=O) groups is 1. The molecule has 0 spiro atoms. The molecule has 0 aliphatic carbocycles. The smallest absolute Gasteiger partial charge is 0.273 e. The lowest BCUT2D eigenvalue weighted by Gasteiger charge is -2.32. The minimum atomic E-state index is -0.0885. The van der Waals surface area contributed by atoms with Crippen molar-refractivity contribution in [3.05, 3.63) is 47.3 Å². The Hall–Kier alpha value is -2.25. The number of hydrogen-bond acceptors (Lipinski definition) is 5. The minimum Gasteiger partial charge on any atom is -0.350 e. The number of rotatable bonds is 6. The summed E-state index contributed by atoms with van der Waals surface area (Å²) in [7, 11) is 0. The van der Waals surface area contributed by atoms with Crippen LogP contribution in [0.15, 0.2) is 30.3 Å². The summed E-state index contributed by atoms with van der Waals surface area (Å²) < 4.78 is 1.94. The molecule has 2 aromatic rings. The van der Waals surface area contributed by atoms with Gasteiger partial charge in [-0.3, -0.25) is 9.69 Å². The summed E-state index contributed by atoms with van der Waals surface area (Å²) >= 11 is 0. The third kappa shape index (κ3) is 5.03. The van der Waals surface area contributed by atoms with E-state index in [1.165, 1.54) is 5.56 Å². The minimum absolute atomic E-state index is 0.0885. The zero-order chi connectivity index (χ0) is 20.1. The zero-order valence-electron chi connectivity index (χ0n) is 17.3. The molecule has 0 bridgehead atoms. The highest BCUT2D eigenvalue weighted by atomic mass is 16.2. The van der Waals surface area contributed by atoms with Crippen LogP contribution >= 0.6 is 0 Å². The fraction of sp³-hybridized carbons (Fsp3) is 0.591. The molecule has 156 valence electrons. The third-order valence-electron chi connectivity index (χ3n) is 6.30. The number of piperidine rings is 2. The Balaban J connectivity index is 1.24. The van der Waals surface area contributed by atoms with Gasteiger partial charge in [0.25, 0.3) is 5.91 Å². The normalized spacial score (nSPS) is 19.3. The van der Waals surface area contributed by atoms with E-state index >= 15 is 0 Å². The number of hydrogen-bond donors (Lipinski definition) is 2. The van der Waals surface area contributed by atoms with Crippen LogP contribution in [-0.4, -0.2) is 58.5 Å². The van der Waals surface area contributed by atoms with Crippen molar-refractivity contribution in [3.8, 4) is 0 Å². The molecule has 1 aromatic heterocycles. The van der Waals surface area contributed by atoms with Crippen molar-refractivity contribution in [1.82, 2.24) is 30.5 Å². The average molecular weight is 397 g/mol. The van der Waals surface area contributed by atoms with Gasteiger partial charge < -0.3 is 10.6 Å². The molecule has 0 saturated carbocycles. The van der Waals surface area contributed by atoms with E-state index in [2.05, 4.69) is 56.2 Å². The lowest BCUT2D eigenvalue weighted by atomic mass is 9.96. The summed E-state index contributed by atoms with van der Waals surface area (Å²) in [5.74, 6) is 0.445. The first-order valence-electron chi connectivity index (χ1n) is 10.9. The SMILES string of the molecule is Cc1c(C(=O)NCC2CCN(Cc3ccccc3)CC2)nnn1C1CCNCC1. The molecular weight excluding hydrogens is 364 g/mol. The van der Waals surface area contributed by atoms with Crippen molar-refractivity contribution < 1.29 is 4.79 Å². The molecule has 29 heavy (non-hydrogen) atoms. The van der Waals surface area contributed by atoms with Gasteiger partial charge in [-0.15, -0.1) is 5.10 Å². The summed E-state index contributed by atoms with van der Waals surface area (Å²) in [5.41, 5.74) is 2.73. The van der Waals surface area contributed by atoms with Crippen molar-refractivity contribution in [2.24, 2.45) is 5.92 Å². The molecule has 2 aliphatic rings. The Morgan fingerprint density at radius 2 is 1.86 bits per heavy atom. The van der Waals surface area contributed by atoms with E-state index in [1.807, 2.05) is 11.6 Å². The van der Waals surface area contributed by atoms with Gasteiger partial charge in [0.15, 0.2) is 5.69 Å². The predicted molar refractivity (Wildman–Crippen MR) is 113 cm³/mol. The van der Waals surface area contributed by atoms with Gasteiger partial charge in [0.05, 0.1) is 11.7 Å². The van der Waals surface area contributed by atoms with Crippen molar-refractivity contribution in [2.45, 2.75) is 45.2 Å². The molecule has 7 heteroatoms. The Bertz CT molecular complexity index is 791. The van der Waals surface area contributed by atoms with Gasteiger partial charge in [0.2, 0.25) is 0 Å². The molecular formula is C22H32N6O. The second-order valence-corrected chi connectivity index (χ2v) is 8.36. The van der Waals surface area contributed by atoms with E-state index in [-0.39, 0.29) is 5.91 Å². The van der Waals surface area contributed by atoms with Gasteiger partial charge in [-0.05, 0) is 70.3 Å². The average Bonchev–Trinajstić information content (AvgIpc) is 3.16. The van der Waals surface area contributed by atoms with Crippen molar-refractivity contribution in [3.63, 3.8) is 0 Å². The van der Waals surface area contributed by atoms with Crippen LogP contribution in [0.25, 0.3) is 0 Å². The first-order valence-corrected chi connectivity index (χ1v) is 10.9. The van der Waals surface area contributed by atoms with Crippen LogP contribution in [-0.2, 0) is 6.54 Å². The summed E-state index contributed by atoms with van der Waals surface area (Å²) in [5, 5.41) is 14.9. The van der Waals surface area contributed by atoms with E-state index < -0.39 is 0 Å². The molecule has 0 atom stereocenters. The number of likely N-dealkylation sites (tertiary alicyclic amines) is 1. The number of aromatic nitrogens is 3. The Morgan fingerprint density at radius 3 is 2.59 bits per heavy atom. The monoisotopic (exact) mass is 396 g/mol. The van der Waals surface area contributed by atoms with Gasteiger partial charge in [0.1, 0.15) is 0 Å². The van der Waals surface area contributed by atoms with Gasteiger partial charge in [-0.2, -0.15) is 0 Å². The van der Waals surface area contributed by atoms with E-state index in [1.54, 1.807) is 0 Å². The molecule has 2 N–H and O–H groups in total. The highest BCUT2D eigenvalue weighted by Crippen LogP contribution is 2.21. The van der Waals surface area contributed by atoms with Gasteiger partial charge in [0, 0.05) is 13.1 Å². The van der Waals surface area contributed by atoms with Crippen LogP contribution in [0.2, 0.25) is 0 Å². The van der Waals surface area contributed by atoms with Gasteiger partial charge in [-0.25, -0.2) is 4.68 Å². The van der Waals surface area contributed by atoms with E-state index in [9.17, 15) is 4.79 Å². The lowest BCUT2D eigenvalue weighted by molar-refractivity contribution is 0.0929. The Kier molecular flexibility index (Phi) is 6.56. The van der Waals surface area contributed by atoms with Crippen molar-refractivity contribution in [2.75, 3.05) is 32.7 Å². The summed E-state index contributed by atoms with van der Waals surface area (Å²) in [6.45, 7) is 7.85. The fourth-order valence-electron chi connectivity index (χ4n) is 4.46. The van der Waals surface area contributed by atoms with Crippen molar-refractivity contribution in [1.29, 1.82) is 0 Å². The van der Waals surface area contributed by atoms with E-state index in [4.69, 9.17) is 0 Å². The molecule has 0 unspecified atom stereocenters. The van der Waals surface area contributed by atoms with Gasteiger partial charge in [-0.1, -0.05) is 35.5 Å². The number of nitrogens with zero attached hydrogens (tertiary/aromatic N) is 4. The maximum absolute atomic E-state index is 12.7. The third-order valence-corrected chi connectivity index (χ3v) is 6.30. The standard InChI is InChI=1S/C22H32N6O/c1-17-21(25-26-28(17)20-7-11-23-12-8-20)22(29)24-15-18-9-13-27(14-10-18)16-19-5-3-2-4-6-19/h2-6,18,20,23H,7-16H2,1H3,(H,24,29). The Morgan fingerprint density at radius 1 is 1.14 bits per heavy atom. The predicted octanol–water partition coefficient (Wildman–Crippen LogP) is 2.15. The molecule has 1 amide bonds. The first-order chi connectivity index (χ1) is 14.2. The molecule has 0 radical (unpaired) electrons. The maximum atomic E-state index is 12.7. The maximum Gasteiger partial charge on any atom is 0.273 e. The number of amides is 1.